The molecule has 0 aliphatic rings. The van der Waals surface area contributed by atoms with Crippen molar-refractivity contribution >= 4 is 17.9 Å². The van der Waals surface area contributed by atoms with Crippen LogP contribution in [-0.2, 0) is 14.3 Å². The molecule has 7 nitrogen and oxygen atoms in total. The molecule has 7 heteroatoms. The molecule has 2 N–H and O–H groups in total. The maximum absolute atomic E-state index is 14.1. The van der Waals surface area contributed by atoms with Crippen molar-refractivity contribution in [1.82, 2.24) is 15.5 Å². The molecule has 1 aromatic rings. The first-order valence-corrected chi connectivity index (χ1v) is 13.1. The number of ether oxygens (including phenoxy) is 1. The topological polar surface area (TPSA) is 87.7 Å². The summed E-state index contributed by atoms with van der Waals surface area (Å²) in [6, 6.07) is 7.56. The normalized spacial score (nSPS) is 14.1. The van der Waals surface area contributed by atoms with Crippen molar-refractivity contribution in [2.45, 2.75) is 111 Å². The molecule has 0 fully saturated rings. The van der Waals surface area contributed by atoms with E-state index >= 15 is 0 Å². The summed E-state index contributed by atoms with van der Waals surface area (Å²) >= 11 is 0. The summed E-state index contributed by atoms with van der Waals surface area (Å²) < 4.78 is 5.44. The first kappa shape index (κ1) is 30.5. The quantitative estimate of drug-likeness (QED) is 0.353. The number of benzene rings is 1. The molecule has 0 aliphatic heterocycles. The maximum atomic E-state index is 14.1. The van der Waals surface area contributed by atoms with Gasteiger partial charge in [0.25, 0.3) is 0 Å². The molecule has 0 saturated carbocycles. The third-order valence-electron chi connectivity index (χ3n) is 5.74. The lowest BCUT2D eigenvalue weighted by Gasteiger charge is -2.38. The fourth-order valence-electron chi connectivity index (χ4n) is 3.88. The van der Waals surface area contributed by atoms with E-state index in [0.29, 0.717) is 19.4 Å². The average molecular weight is 490 g/mol. The number of nitrogens with zero attached hydrogens (tertiary/aromatic N) is 1. The molecule has 3 amide bonds. The lowest BCUT2D eigenvalue weighted by molar-refractivity contribution is -0.145. The SMILES string of the molecule is CCCCCNC(=O)C(c1ccccc1)N(C(=O)C(CC(C)C)NC(=O)OC(C)(C)C)C(C)CC. The number of alkyl carbamates (subject to hydrolysis) is 1. The molecule has 0 aromatic heterocycles. The molecule has 198 valence electrons. The number of nitrogens with one attached hydrogen (secondary N) is 2. The molecule has 0 spiro atoms. The molecule has 0 radical (unpaired) electrons. The van der Waals surface area contributed by atoms with Gasteiger partial charge >= 0.3 is 6.09 Å². The summed E-state index contributed by atoms with van der Waals surface area (Å²) in [5.41, 5.74) is 0.0614. The Bertz CT molecular complexity index is 789. The van der Waals surface area contributed by atoms with E-state index in [1.54, 1.807) is 25.7 Å². The minimum absolute atomic E-state index is 0.149. The number of hydrogen-bond acceptors (Lipinski definition) is 4. The van der Waals surface area contributed by atoms with Gasteiger partial charge in [-0.25, -0.2) is 4.79 Å². The van der Waals surface area contributed by atoms with E-state index in [1.165, 1.54) is 0 Å². The van der Waals surface area contributed by atoms with Crippen LogP contribution in [0.15, 0.2) is 30.3 Å². The highest BCUT2D eigenvalue weighted by Gasteiger charge is 2.38. The van der Waals surface area contributed by atoms with Crippen molar-refractivity contribution in [3.63, 3.8) is 0 Å². The standard InChI is InChI=1S/C28H47N3O4/c1-9-11-15-18-29-25(32)24(22-16-13-12-14-17-22)31(21(5)10-2)26(33)23(19-20(3)4)30-27(34)35-28(6,7)8/h12-14,16-17,20-21,23-24H,9-11,15,18-19H2,1-8H3,(H,29,32)(H,30,34). The molecule has 3 atom stereocenters. The van der Waals surface area contributed by atoms with Crippen molar-refractivity contribution in [3.8, 4) is 0 Å². The van der Waals surface area contributed by atoms with Crippen molar-refractivity contribution < 1.29 is 19.1 Å². The van der Waals surface area contributed by atoms with Crippen LogP contribution in [0, 0.1) is 5.92 Å². The largest absolute Gasteiger partial charge is 0.444 e. The predicted octanol–water partition coefficient (Wildman–Crippen LogP) is 5.60. The van der Waals surface area contributed by atoms with Crippen molar-refractivity contribution in [2.75, 3.05) is 6.54 Å². The van der Waals surface area contributed by atoms with Gasteiger partial charge in [0, 0.05) is 12.6 Å². The van der Waals surface area contributed by atoms with E-state index in [1.807, 2.05) is 58.0 Å². The third-order valence-corrected chi connectivity index (χ3v) is 5.74. The van der Waals surface area contributed by atoms with Gasteiger partial charge in [0.05, 0.1) is 0 Å². The second-order valence-corrected chi connectivity index (χ2v) is 10.6. The predicted molar refractivity (Wildman–Crippen MR) is 141 cm³/mol. The Balaban J connectivity index is 3.37. The van der Waals surface area contributed by atoms with E-state index in [-0.39, 0.29) is 23.8 Å². The number of amides is 3. The smallest absolute Gasteiger partial charge is 0.408 e. The number of hydrogen-bond donors (Lipinski definition) is 2. The van der Waals surface area contributed by atoms with Crippen LogP contribution in [0.2, 0.25) is 0 Å². The molecule has 1 aromatic carbocycles. The molecule has 0 saturated heterocycles. The Kier molecular flexibility index (Phi) is 12.8. The van der Waals surface area contributed by atoms with Gasteiger partial charge in [0.15, 0.2) is 0 Å². The second kappa shape index (κ2) is 14.7. The van der Waals surface area contributed by atoms with Crippen LogP contribution < -0.4 is 10.6 Å². The highest BCUT2D eigenvalue weighted by molar-refractivity contribution is 5.92. The summed E-state index contributed by atoms with van der Waals surface area (Å²) in [4.78, 5) is 41.8. The number of unbranched alkanes of at least 4 members (excludes halogenated alkanes) is 2. The van der Waals surface area contributed by atoms with Crippen LogP contribution in [0.3, 0.4) is 0 Å². The first-order chi connectivity index (χ1) is 16.4. The Morgan fingerprint density at radius 2 is 1.63 bits per heavy atom. The lowest BCUT2D eigenvalue weighted by Crippen LogP contribution is -2.55. The Hall–Kier alpha value is -2.57. The summed E-state index contributed by atoms with van der Waals surface area (Å²) in [5, 5.41) is 5.82. The molecule has 0 heterocycles. The Morgan fingerprint density at radius 1 is 1.00 bits per heavy atom. The van der Waals surface area contributed by atoms with Crippen LogP contribution in [0.1, 0.15) is 99.1 Å². The molecule has 0 bridgehead atoms. The van der Waals surface area contributed by atoms with Gasteiger partial charge in [-0.1, -0.05) is 70.9 Å². The lowest BCUT2D eigenvalue weighted by atomic mass is 9.97. The fraction of sp³-hybridized carbons (Fsp3) is 0.679. The van der Waals surface area contributed by atoms with Crippen molar-refractivity contribution in [1.29, 1.82) is 0 Å². The highest BCUT2D eigenvalue weighted by atomic mass is 16.6. The van der Waals surface area contributed by atoms with Crippen LogP contribution in [0.4, 0.5) is 4.79 Å². The summed E-state index contributed by atoms with van der Waals surface area (Å²) in [7, 11) is 0. The molecule has 1 rings (SSSR count). The highest BCUT2D eigenvalue weighted by Crippen LogP contribution is 2.27. The monoisotopic (exact) mass is 489 g/mol. The van der Waals surface area contributed by atoms with Crippen LogP contribution >= 0.6 is 0 Å². The molecule has 3 unspecified atom stereocenters. The van der Waals surface area contributed by atoms with E-state index < -0.39 is 23.8 Å². The zero-order chi connectivity index (χ0) is 26.6. The van der Waals surface area contributed by atoms with Crippen molar-refractivity contribution in [2.24, 2.45) is 5.92 Å². The third kappa shape index (κ3) is 10.7. The van der Waals surface area contributed by atoms with Crippen LogP contribution in [-0.4, -0.2) is 47.0 Å². The fourth-order valence-corrected chi connectivity index (χ4v) is 3.88. The van der Waals surface area contributed by atoms with Gasteiger partial charge in [-0.15, -0.1) is 0 Å². The summed E-state index contributed by atoms with van der Waals surface area (Å²) in [6.07, 6.45) is 3.44. The first-order valence-electron chi connectivity index (χ1n) is 13.1. The van der Waals surface area contributed by atoms with Crippen LogP contribution in [0.5, 0.6) is 0 Å². The van der Waals surface area contributed by atoms with Gasteiger partial charge in [-0.05, 0) is 58.4 Å². The number of rotatable bonds is 13. The zero-order valence-corrected chi connectivity index (χ0v) is 23.0. The van der Waals surface area contributed by atoms with E-state index in [0.717, 1.165) is 24.8 Å². The van der Waals surface area contributed by atoms with Gasteiger partial charge in [0.1, 0.15) is 17.7 Å². The molecule has 35 heavy (non-hydrogen) atoms. The van der Waals surface area contributed by atoms with Gasteiger partial charge in [0.2, 0.25) is 11.8 Å². The molecular formula is C28H47N3O4. The van der Waals surface area contributed by atoms with E-state index in [9.17, 15) is 14.4 Å². The Morgan fingerprint density at radius 3 is 2.14 bits per heavy atom. The summed E-state index contributed by atoms with van der Waals surface area (Å²) in [5.74, 6) is -0.339. The van der Waals surface area contributed by atoms with Gasteiger partial charge in [-0.2, -0.15) is 0 Å². The number of carbonyl (C=O) groups excluding carboxylic acids is 3. The minimum Gasteiger partial charge on any atom is -0.444 e. The molecular weight excluding hydrogens is 442 g/mol. The second-order valence-electron chi connectivity index (χ2n) is 10.6. The average Bonchev–Trinajstić information content (AvgIpc) is 2.77. The zero-order valence-electron chi connectivity index (χ0n) is 23.0. The van der Waals surface area contributed by atoms with E-state index in [4.69, 9.17) is 4.74 Å². The molecule has 0 aliphatic carbocycles. The van der Waals surface area contributed by atoms with Crippen molar-refractivity contribution in [3.05, 3.63) is 35.9 Å². The minimum atomic E-state index is -0.807. The number of carbonyl (C=O) groups is 3. The van der Waals surface area contributed by atoms with Gasteiger partial charge < -0.3 is 20.3 Å². The van der Waals surface area contributed by atoms with Gasteiger partial charge in [-0.3, -0.25) is 9.59 Å². The van der Waals surface area contributed by atoms with E-state index in [2.05, 4.69) is 17.6 Å². The van der Waals surface area contributed by atoms with Crippen LogP contribution in [0.25, 0.3) is 0 Å². The maximum Gasteiger partial charge on any atom is 0.408 e. The summed E-state index contributed by atoms with van der Waals surface area (Å²) in [6.45, 7) is 16.0. The Labute approximate surface area is 212 Å².